The molecule has 0 unspecified atom stereocenters. The van der Waals surface area contributed by atoms with Gasteiger partial charge in [0.1, 0.15) is 11.0 Å². The molecule has 0 saturated heterocycles. The number of aromatic nitrogens is 3. The van der Waals surface area contributed by atoms with Gasteiger partial charge in [0.15, 0.2) is 0 Å². The number of halogens is 1. The molecule has 0 bridgehead atoms. The van der Waals surface area contributed by atoms with Gasteiger partial charge >= 0.3 is 0 Å². The number of nitrogens with zero attached hydrogens (tertiary/aromatic N) is 3. The van der Waals surface area contributed by atoms with Gasteiger partial charge in [-0.15, -0.1) is 0 Å². The molecular weight excluding hydrogens is 260 g/mol. The van der Waals surface area contributed by atoms with Gasteiger partial charge in [0.2, 0.25) is 0 Å². The van der Waals surface area contributed by atoms with E-state index in [0.717, 1.165) is 23.7 Å². The summed E-state index contributed by atoms with van der Waals surface area (Å²) in [4.78, 5) is 3.97. The molecule has 0 spiro atoms. The van der Waals surface area contributed by atoms with E-state index < -0.39 is 0 Å². The Balaban J connectivity index is 1.81. The fourth-order valence-electron chi connectivity index (χ4n) is 2.74. The molecule has 5 heteroatoms. The molecule has 4 nitrogen and oxygen atoms in total. The van der Waals surface area contributed by atoms with E-state index >= 15 is 0 Å². The fraction of sp³-hybridized carbons (Fsp3) is 0.429. The van der Waals surface area contributed by atoms with Crippen molar-refractivity contribution in [3.63, 3.8) is 0 Å². The molecule has 0 aromatic carbocycles. The van der Waals surface area contributed by atoms with E-state index in [1.54, 1.807) is 12.3 Å². The van der Waals surface area contributed by atoms with E-state index in [2.05, 4.69) is 17.0 Å². The van der Waals surface area contributed by atoms with Crippen molar-refractivity contribution < 1.29 is 0 Å². The predicted octanol–water partition coefficient (Wildman–Crippen LogP) is 3.23. The number of hydrogen-bond acceptors (Lipinski definition) is 3. The van der Waals surface area contributed by atoms with Crippen molar-refractivity contribution in [2.24, 2.45) is 11.8 Å². The molecule has 0 radical (unpaired) electrons. The summed E-state index contributed by atoms with van der Waals surface area (Å²) in [6, 6.07) is 5.59. The Bertz CT molecular complexity index is 587. The van der Waals surface area contributed by atoms with Crippen LogP contribution in [0.1, 0.15) is 19.8 Å². The van der Waals surface area contributed by atoms with Gasteiger partial charge in [-0.25, -0.2) is 9.67 Å². The summed E-state index contributed by atoms with van der Waals surface area (Å²) < 4.78 is 1.90. The number of pyridine rings is 1. The number of nitrogen functional groups attached to an aromatic ring is 1. The Morgan fingerprint density at radius 3 is 2.89 bits per heavy atom. The minimum Gasteiger partial charge on any atom is -0.384 e. The van der Waals surface area contributed by atoms with Crippen LogP contribution in [0.4, 0.5) is 5.82 Å². The number of rotatable bonds is 3. The Morgan fingerprint density at radius 1 is 1.42 bits per heavy atom. The number of anilines is 1. The lowest BCUT2D eigenvalue weighted by Crippen LogP contribution is -2.26. The average Bonchev–Trinajstić information content (AvgIpc) is 2.69. The number of nitrogens with two attached hydrogens (primary N) is 1. The van der Waals surface area contributed by atoms with Crippen molar-refractivity contribution in [3.8, 4) is 11.3 Å². The van der Waals surface area contributed by atoms with Crippen molar-refractivity contribution in [1.82, 2.24) is 14.8 Å². The standard InChI is InChI=1S/C14H17ClN4/c1-9-4-10(5-9)8-19-14(16)7-12(18-19)11-2-3-17-13(15)6-11/h2-3,6-7,9-10H,4-5,8,16H2,1H3. The predicted molar refractivity (Wildman–Crippen MR) is 76.8 cm³/mol. The zero-order valence-electron chi connectivity index (χ0n) is 10.9. The van der Waals surface area contributed by atoms with Gasteiger partial charge in [-0.05, 0) is 36.8 Å². The zero-order chi connectivity index (χ0) is 13.4. The molecule has 100 valence electrons. The summed E-state index contributed by atoms with van der Waals surface area (Å²) in [5.74, 6) is 2.27. The van der Waals surface area contributed by atoms with Crippen LogP contribution in [0.15, 0.2) is 24.4 Å². The van der Waals surface area contributed by atoms with E-state index in [-0.39, 0.29) is 0 Å². The van der Waals surface area contributed by atoms with E-state index in [1.807, 2.05) is 16.8 Å². The van der Waals surface area contributed by atoms with Crippen LogP contribution in [0.2, 0.25) is 5.15 Å². The SMILES string of the molecule is CC1CC(Cn2nc(-c3ccnc(Cl)c3)cc2N)C1. The minimum atomic E-state index is 0.471. The van der Waals surface area contributed by atoms with Gasteiger partial charge in [0.25, 0.3) is 0 Å². The van der Waals surface area contributed by atoms with Crippen molar-refractivity contribution in [2.75, 3.05) is 5.73 Å². The van der Waals surface area contributed by atoms with Crippen molar-refractivity contribution in [2.45, 2.75) is 26.3 Å². The van der Waals surface area contributed by atoms with E-state index in [9.17, 15) is 0 Å². The summed E-state index contributed by atoms with van der Waals surface area (Å²) in [5, 5.41) is 5.04. The van der Waals surface area contributed by atoms with E-state index in [1.165, 1.54) is 12.8 Å². The Morgan fingerprint density at radius 2 is 2.21 bits per heavy atom. The summed E-state index contributed by atoms with van der Waals surface area (Å²) in [6.07, 6.45) is 4.23. The fourth-order valence-corrected chi connectivity index (χ4v) is 2.92. The average molecular weight is 277 g/mol. The summed E-state index contributed by atoms with van der Waals surface area (Å²) in [6.45, 7) is 3.20. The first-order valence-electron chi connectivity index (χ1n) is 6.57. The van der Waals surface area contributed by atoms with Crippen LogP contribution < -0.4 is 5.73 Å². The quantitative estimate of drug-likeness (QED) is 0.876. The smallest absolute Gasteiger partial charge is 0.129 e. The highest BCUT2D eigenvalue weighted by atomic mass is 35.5. The third kappa shape index (κ3) is 2.59. The van der Waals surface area contributed by atoms with Gasteiger partial charge in [0.05, 0.1) is 5.69 Å². The Hall–Kier alpha value is -1.55. The molecule has 1 aliphatic carbocycles. The first-order valence-corrected chi connectivity index (χ1v) is 6.95. The zero-order valence-corrected chi connectivity index (χ0v) is 11.6. The molecule has 2 aromatic heterocycles. The lowest BCUT2D eigenvalue weighted by atomic mass is 9.76. The minimum absolute atomic E-state index is 0.471. The highest BCUT2D eigenvalue weighted by Crippen LogP contribution is 2.35. The van der Waals surface area contributed by atoms with Crippen LogP contribution in [0.5, 0.6) is 0 Å². The monoisotopic (exact) mass is 276 g/mol. The Labute approximate surface area is 117 Å². The molecule has 1 aliphatic rings. The van der Waals surface area contributed by atoms with Crippen molar-refractivity contribution >= 4 is 17.4 Å². The third-order valence-electron chi connectivity index (χ3n) is 3.74. The summed E-state index contributed by atoms with van der Waals surface area (Å²) >= 11 is 5.90. The van der Waals surface area contributed by atoms with Crippen LogP contribution in [0, 0.1) is 11.8 Å². The normalized spacial score (nSPS) is 22.2. The highest BCUT2D eigenvalue weighted by molar-refractivity contribution is 6.29. The summed E-state index contributed by atoms with van der Waals surface area (Å²) in [7, 11) is 0. The lowest BCUT2D eigenvalue weighted by Gasteiger charge is -2.32. The van der Waals surface area contributed by atoms with Crippen LogP contribution >= 0.6 is 11.6 Å². The molecule has 2 heterocycles. The maximum absolute atomic E-state index is 6.03. The second kappa shape index (κ2) is 4.85. The molecule has 0 atom stereocenters. The van der Waals surface area contributed by atoms with Gasteiger partial charge in [0, 0.05) is 24.4 Å². The molecule has 0 amide bonds. The molecule has 1 fully saturated rings. The largest absolute Gasteiger partial charge is 0.384 e. The van der Waals surface area contributed by atoms with Gasteiger partial charge < -0.3 is 5.73 Å². The van der Waals surface area contributed by atoms with Crippen molar-refractivity contribution in [3.05, 3.63) is 29.5 Å². The topological polar surface area (TPSA) is 56.7 Å². The third-order valence-corrected chi connectivity index (χ3v) is 3.94. The number of hydrogen-bond donors (Lipinski definition) is 1. The molecular formula is C14H17ClN4. The molecule has 2 aromatic rings. The molecule has 3 rings (SSSR count). The van der Waals surface area contributed by atoms with Gasteiger partial charge in [-0.3, -0.25) is 0 Å². The van der Waals surface area contributed by atoms with Crippen LogP contribution in [0.25, 0.3) is 11.3 Å². The Kier molecular flexibility index (Phi) is 3.19. The second-order valence-electron chi connectivity index (χ2n) is 5.45. The maximum atomic E-state index is 6.03. The first-order chi connectivity index (χ1) is 9.11. The summed E-state index contributed by atoms with van der Waals surface area (Å²) in [5.41, 5.74) is 7.84. The van der Waals surface area contributed by atoms with Gasteiger partial charge in [-0.2, -0.15) is 5.10 Å². The lowest BCUT2D eigenvalue weighted by molar-refractivity contribution is 0.183. The van der Waals surface area contributed by atoms with Crippen LogP contribution in [0.3, 0.4) is 0 Å². The molecule has 1 saturated carbocycles. The van der Waals surface area contributed by atoms with Crippen LogP contribution in [-0.4, -0.2) is 14.8 Å². The molecule has 2 N–H and O–H groups in total. The van der Waals surface area contributed by atoms with Gasteiger partial charge in [-0.1, -0.05) is 18.5 Å². The maximum Gasteiger partial charge on any atom is 0.129 e. The van der Waals surface area contributed by atoms with Crippen LogP contribution in [-0.2, 0) is 6.54 Å². The molecule has 0 aliphatic heterocycles. The van der Waals surface area contributed by atoms with E-state index in [0.29, 0.717) is 16.9 Å². The van der Waals surface area contributed by atoms with E-state index in [4.69, 9.17) is 17.3 Å². The molecule has 19 heavy (non-hydrogen) atoms. The first kappa shape index (κ1) is 12.5. The highest BCUT2D eigenvalue weighted by Gasteiger charge is 2.26. The van der Waals surface area contributed by atoms with Crippen molar-refractivity contribution in [1.29, 1.82) is 0 Å². The second-order valence-corrected chi connectivity index (χ2v) is 5.83.